The van der Waals surface area contributed by atoms with Crippen LogP contribution in [0.1, 0.15) is 25.1 Å². The number of amides is 2. The summed E-state index contributed by atoms with van der Waals surface area (Å²) in [7, 11) is -3.39. The van der Waals surface area contributed by atoms with E-state index in [0.717, 1.165) is 6.07 Å². The van der Waals surface area contributed by atoms with Gasteiger partial charge in [-0.05, 0) is 43.5 Å². The van der Waals surface area contributed by atoms with Gasteiger partial charge in [-0.25, -0.2) is 27.6 Å². The normalized spacial score (nSPS) is 19.5. The molecule has 8 nitrogen and oxygen atoms in total. The van der Waals surface area contributed by atoms with Gasteiger partial charge in [0.25, 0.3) is 0 Å². The number of anilines is 2. The monoisotopic (exact) mass is 391 g/mol. The number of carbonyl (C=O) groups is 1. The molecule has 0 unspecified atom stereocenters. The third-order valence-corrected chi connectivity index (χ3v) is 6.55. The molecule has 1 aromatic carbocycles. The van der Waals surface area contributed by atoms with E-state index in [1.54, 1.807) is 18.5 Å². The molecule has 2 aromatic rings. The number of hydrogen-bond acceptors (Lipinski definition) is 5. The van der Waals surface area contributed by atoms with Crippen molar-refractivity contribution in [3.8, 4) is 0 Å². The van der Waals surface area contributed by atoms with E-state index in [-0.39, 0.29) is 11.4 Å². The lowest BCUT2D eigenvalue weighted by atomic mass is 10.2. The lowest BCUT2D eigenvalue weighted by Gasteiger charge is -2.19. The Kier molecular flexibility index (Phi) is 4.22. The van der Waals surface area contributed by atoms with Crippen LogP contribution in [0.4, 0.5) is 20.6 Å². The molecule has 0 spiro atoms. The van der Waals surface area contributed by atoms with Crippen LogP contribution in [0, 0.1) is 5.82 Å². The number of nitrogens with one attached hydrogen (secondary N) is 2. The number of halogens is 1. The van der Waals surface area contributed by atoms with Crippen molar-refractivity contribution in [1.29, 1.82) is 0 Å². The van der Waals surface area contributed by atoms with Gasteiger partial charge in [-0.2, -0.15) is 0 Å². The summed E-state index contributed by atoms with van der Waals surface area (Å²) in [6.45, 7) is 0.341. The number of nitrogens with zero attached hydrogens (tertiary/aromatic N) is 3. The van der Waals surface area contributed by atoms with Gasteiger partial charge in [-0.15, -0.1) is 0 Å². The average Bonchev–Trinajstić information content (AvgIpc) is 3.33. The van der Waals surface area contributed by atoms with E-state index in [1.165, 1.54) is 16.4 Å². The second-order valence-corrected chi connectivity index (χ2v) is 8.65. The number of sulfonamides is 1. The van der Waals surface area contributed by atoms with E-state index < -0.39 is 27.4 Å². The first-order chi connectivity index (χ1) is 12.9. The van der Waals surface area contributed by atoms with Crippen molar-refractivity contribution in [2.45, 2.75) is 24.8 Å². The van der Waals surface area contributed by atoms with Crippen LogP contribution in [-0.2, 0) is 15.6 Å². The molecule has 2 fully saturated rings. The lowest BCUT2D eigenvalue weighted by Crippen LogP contribution is -2.39. The second-order valence-electron chi connectivity index (χ2n) is 6.64. The summed E-state index contributed by atoms with van der Waals surface area (Å²) in [6.07, 6.45) is 5.10. The third kappa shape index (κ3) is 3.44. The van der Waals surface area contributed by atoms with Gasteiger partial charge in [0, 0.05) is 18.9 Å². The molecule has 0 radical (unpaired) electrons. The van der Waals surface area contributed by atoms with Crippen molar-refractivity contribution in [2.75, 3.05) is 21.9 Å². The molecule has 10 heteroatoms. The molecule has 0 atom stereocenters. The van der Waals surface area contributed by atoms with Gasteiger partial charge in [0.05, 0.1) is 17.1 Å². The molecular formula is C17H18FN5O3S. The minimum absolute atomic E-state index is 0.0627. The fourth-order valence-corrected chi connectivity index (χ4v) is 4.70. The van der Waals surface area contributed by atoms with Gasteiger partial charge < -0.3 is 10.6 Å². The van der Waals surface area contributed by atoms with Gasteiger partial charge in [-0.1, -0.05) is 0 Å². The minimum Gasteiger partial charge on any atom is -0.325 e. The number of rotatable bonds is 4. The maximum absolute atomic E-state index is 14.1. The summed E-state index contributed by atoms with van der Waals surface area (Å²) in [5.41, 5.74) is -0.397. The zero-order valence-corrected chi connectivity index (χ0v) is 15.2. The molecule has 1 saturated carbocycles. The van der Waals surface area contributed by atoms with Crippen molar-refractivity contribution in [3.63, 3.8) is 0 Å². The standard InChI is InChI=1S/C17H18FN5O3S/c18-13-4-3-12(23-9-2-10-27(23,25)26)11-14(13)21-16(24)22-17(5-6-17)15-19-7-1-8-20-15/h1,3-4,7-8,11H,2,5-6,9-10H2,(H2,21,22,24). The minimum atomic E-state index is -3.39. The Morgan fingerprint density at radius 1 is 1.22 bits per heavy atom. The molecule has 2 aliphatic rings. The fraction of sp³-hybridized carbons (Fsp3) is 0.353. The quantitative estimate of drug-likeness (QED) is 0.829. The zero-order valence-electron chi connectivity index (χ0n) is 14.4. The number of hydrogen-bond donors (Lipinski definition) is 2. The molecule has 2 N–H and O–H groups in total. The van der Waals surface area contributed by atoms with Crippen LogP contribution >= 0.6 is 0 Å². The van der Waals surface area contributed by atoms with Crippen molar-refractivity contribution in [3.05, 3.63) is 48.3 Å². The van der Waals surface area contributed by atoms with E-state index in [2.05, 4.69) is 20.6 Å². The van der Waals surface area contributed by atoms with E-state index in [0.29, 0.717) is 37.3 Å². The van der Waals surface area contributed by atoms with E-state index in [4.69, 9.17) is 0 Å². The van der Waals surface area contributed by atoms with Crippen LogP contribution in [0.15, 0.2) is 36.7 Å². The maximum Gasteiger partial charge on any atom is 0.320 e. The second kappa shape index (κ2) is 6.45. The number of benzene rings is 1. The molecular weight excluding hydrogens is 373 g/mol. The van der Waals surface area contributed by atoms with Crippen LogP contribution in [0.2, 0.25) is 0 Å². The smallest absolute Gasteiger partial charge is 0.320 e. The number of carbonyl (C=O) groups excluding carboxylic acids is 1. The largest absolute Gasteiger partial charge is 0.325 e. The van der Waals surface area contributed by atoms with Gasteiger partial charge in [0.15, 0.2) is 5.82 Å². The molecule has 142 valence electrons. The first-order valence-electron chi connectivity index (χ1n) is 8.56. The van der Waals surface area contributed by atoms with Crippen LogP contribution < -0.4 is 14.9 Å². The topological polar surface area (TPSA) is 104 Å². The number of aromatic nitrogens is 2. The highest BCUT2D eigenvalue weighted by atomic mass is 32.2. The molecule has 4 rings (SSSR count). The van der Waals surface area contributed by atoms with Crippen LogP contribution in [0.3, 0.4) is 0 Å². The first-order valence-corrected chi connectivity index (χ1v) is 10.2. The summed E-state index contributed by atoms with van der Waals surface area (Å²) in [4.78, 5) is 20.7. The Hall–Kier alpha value is -2.75. The molecule has 2 heterocycles. The SMILES string of the molecule is O=C(Nc1cc(N2CCCS2(=O)=O)ccc1F)NC1(c2ncccn2)CC1. The van der Waals surface area contributed by atoms with Crippen LogP contribution in [0.5, 0.6) is 0 Å². The molecule has 1 aromatic heterocycles. The van der Waals surface area contributed by atoms with Gasteiger partial charge in [-0.3, -0.25) is 4.31 Å². The Morgan fingerprint density at radius 3 is 2.59 bits per heavy atom. The molecule has 0 bridgehead atoms. The number of urea groups is 1. The lowest BCUT2D eigenvalue weighted by molar-refractivity contribution is 0.246. The van der Waals surface area contributed by atoms with E-state index in [9.17, 15) is 17.6 Å². The Morgan fingerprint density at radius 2 is 1.96 bits per heavy atom. The van der Waals surface area contributed by atoms with Crippen molar-refractivity contribution >= 4 is 27.4 Å². The van der Waals surface area contributed by atoms with Crippen molar-refractivity contribution in [2.24, 2.45) is 0 Å². The Bertz CT molecular complexity index is 979. The molecule has 1 saturated heterocycles. The van der Waals surface area contributed by atoms with Gasteiger partial charge in [0.2, 0.25) is 10.0 Å². The van der Waals surface area contributed by atoms with Crippen LogP contribution in [-0.4, -0.2) is 36.7 Å². The molecule has 1 aliphatic heterocycles. The van der Waals surface area contributed by atoms with E-state index >= 15 is 0 Å². The predicted octanol–water partition coefficient (Wildman–Crippen LogP) is 1.97. The van der Waals surface area contributed by atoms with Gasteiger partial charge >= 0.3 is 6.03 Å². The Balaban J connectivity index is 1.51. The summed E-state index contributed by atoms with van der Waals surface area (Å²) in [6, 6.07) is 4.96. The molecule has 2 amide bonds. The molecule has 27 heavy (non-hydrogen) atoms. The van der Waals surface area contributed by atoms with Crippen LogP contribution in [0.25, 0.3) is 0 Å². The highest BCUT2D eigenvalue weighted by Crippen LogP contribution is 2.43. The maximum atomic E-state index is 14.1. The summed E-state index contributed by atoms with van der Waals surface area (Å²) in [5, 5.41) is 5.26. The Labute approximate surface area is 155 Å². The first kappa shape index (κ1) is 17.7. The van der Waals surface area contributed by atoms with Gasteiger partial charge in [0.1, 0.15) is 11.4 Å². The average molecular weight is 391 g/mol. The third-order valence-electron chi connectivity index (χ3n) is 4.68. The summed E-state index contributed by atoms with van der Waals surface area (Å²) in [5.74, 6) is -0.0726. The summed E-state index contributed by atoms with van der Waals surface area (Å²) >= 11 is 0. The molecule has 1 aliphatic carbocycles. The van der Waals surface area contributed by atoms with Crippen molar-refractivity contribution < 1.29 is 17.6 Å². The van der Waals surface area contributed by atoms with E-state index in [1.807, 2.05) is 0 Å². The summed E-state index contributed by atoms with van der Waals surface area (Å²) < 4.78 is 39.5. The van der Waals surface area contributed by atoms with Crippen molar-refractivity contribution in [1.82, 2.24) is 15.3 Å². The predicted molar refractivity (Wildman–Crippen MR) is 97.2 cm³/mol. The fourth-order valence-electron chi connectivity index (χ4n) is 3.14. The highest BCUT2D eigenvalue weighted by molar-refractivity contribution is 7.93. The highest BCUT2D eigenvalue weighted by Gasteiger charge is 2.48. The zero-order chi connectivity index (χ0) is 19.1.